The smallest absolute Gasteiger partial charge is 0.348 e. The summed E-state index contributed by atoms with van der Waals surface area (Å²) >= 11 is 0. The van der Waals surface area contributed by atoms with Crippen LogP contribution in [0, 0.1) is 0 Å². The molecular weight excluding hydrogens is 242 g/mol. The van der Waals surface area contributed by atoms with Gasteiger partial charge in [-0.1, -0.05) is 45.4 Å². The average Bonchev–Trinajstić information content (AvgIpc) is 2.40. The number of unbranched alkanes of at least 4 members (excludes halogenated alkanes) is 6. The van der Waals surface area contributed by atoms with Gasteiger partial charge in [0.15, 0.2) is 0 Å². The van der Waals surface area contributed by atoms with Crippen LogP contribution in [0.2, 0.25) is 0 Å². The predicted octanol–water partition coefficient (Wildman–Crippen LogP) is 3.39. The van der Waals surface area contributed by atoms with Gasteiger partial charge in [0.25, 0.3) is 0 Å². The summed E-state index contributed by atoms with van der Waals surface area (Å²) in [5.41, 5.74) is 0. The van der Waals surface area contributed by atoms with Gasteiger partial charge in [-0.15, -0.1) is 0 Å². The Morgan fingerprint density at radius 2 is 1.68 bits per heavy atom. The fourth-order valence-electron chi connectivity index (χ4n) is 1.70. The topological polar surface area (TPSA) is 47.9 Å². The number of nitrogens with zero attached hydrogens (tertiary/aromatic N) is 1. The number of aliphatic imine (C=N–C) groups is 1. The second-order valence-electron chi connectivity index (χ2n) is 4.52. The number of rotatable bonds is 13. The summed E-state index contributed by atoms with van der Waals surface area (Å²) in [6.07, 6.45) is 10.3. The molecule has 0 aromatic heterocycles. The van der Waals surface area contributed by atoms with E-state index in [0.29, 0.717) is 19.8 Å². The van der Waals surface area contributed by atoms with E-state index in [9.17, 15) is 4.79 Å². The van der Waals surface area contributed by atoms with Crippen molar-refractivity contribution in [2.24, 2.45) is 4.99 Å². The number of carbonyl (C=O) groups excluding carboxylic acids is 1. The van der Waals surface area contributed by atoms with Gasteiger partial charge in [-0.3, -0.25) is 4.99 Å². The lowest BCUT2D eigenvalue weighted by Crippen LogP contribution is -2.06. The quantitative estimate of drug-likeness (QED) is 0.293. The number of hydrogen-bond acceptors (Lipinski definition) is 4. The van der Waals surface area contributed by atoms with Gasteiger partial charge in [-0.2, -0.15) is 0 Å². The van der Waals surface area contributed by atoms with Crippen LogP contribution in [-0.2, 0) is 14.3 Å². The third-order valence-corrected chi connectivity index (χ3v) is 2.74. The average molecular weight is 271 g/mol. The molecule has 0 saturated heterocycles. The summed E-state index contributed by atoms with van der Waals surface area (Å²) in [7, 11) is 0. The molecule has 0 saturated carbocycles. The van der Waals surface area contributed by atoms with Gasteiger partial charge in [-0.05, 0) is 13.3 Å². The summed E-state index contributed by atoms with van der Waals surface area (Å²) in [5, 5.41) is 0. The summed E-state index contributed by atoms with van der Waals surface area (Å²) in [4.78, 5) is 14.8. The molecule has 0 radical (unpaired) electrons. The Kier molecular flexibility index (Phi) is 14.4. The van der Waals surface area contributed by atoms with E-state index in [2.05, 4.69) is 11.9 Å². The Bertz CT molecular complexity index is 229. The van der Waals surface area contributed by atoms with Gasteiger partial charge in [0.05, 0.1) is 19.8 Å². The molecule has 4 heteroatoms. The molecule has 0 fully saturated rings. The maximum absolute atomic E-state index is 10.9. The first-order valence-corrected chi connectivity index (χ1v) is 7.55. The lowest BCUT2D eigenvalue weighted by Gasteiger charge is -2.02. The molecular formula is C15H29NO3. The minimum Gasteiger partial charge on any atom is -0.462 e. The Morgan fingerprint density at radius 3 is 2.37 bits per heavy atom. The van der Waals surface area contributed by atoms with Crippen LogP contribution in [0.4, 0.5) is 0 Å². The second kappa shape index (κ2) is 15.2. The van der Waals surface area contributed by atoms with E-state index in [-0.39, 0.29) is 5.97 Å². The SMILES string of the molecule is CCCCCCCCCOCCN=CC(=O)OCC. The van der Waals surface area contributed by atoms with Crippen molar-refractivity contribution < 1.29 is 14.3 Å². The number of carbonyl (C=O) groups is 1. The molecule has 0 spiro atoms. The van der Waals surface area contributed by atoms with Crippen molar-refractivity contribution in [1.82, 2.24) is 0 Å². The second-order valence-corrected chi connectivity index (χ2v) is 4.52. The maximum Gasteiger partial charge on any atom is 0.348 e. The molecule has 19 heavy (non-hydrogen) atoms. The highest BCUT2D eigenvalue weighted by molar-refractivity contribution is 6.23. The van der Waals surface area contributed by atoms with Crippen LogP contribution < -0.4 is 0 Å². The number of ether oxygens (including phenoxy) is 2. The first-order valence-electron chi connectivity index (χ1n) is 7.55. The molecule has 0 unspecified atom stereocenters. The molecule has 4 nitrogen and oxygen atoms in total. The molecule has 0 aliphatic carbocycles. The molecule has 0 bridgehead atoms. The van der Waals surface area contributed by atoms with Gasteiger partial charge in [0.1, 0.15) is 6.21 Å². The van der Waals surface area contributed by atoms with Crippen molar-refractivity contribution in [3.63, 3.8) is 0 Å². The van der Waals surface area contributed by atoms with E-state index in [0.717, 1.165) is 13.0 Å². The molecule has 0 aliphatic heterocycles. The van der Waals surface area contributed by atoms with Crippen molar-refractivity contribution in [2.45, 2.75) is 58.8 Å². The summed E-state index contributed by atoms with van der Waals surface area (Å²) in [6.45, 7) is 6.29. The fourth-order valence-corrected chi connectivity index (χ4v) is 1.70. The zero-order valence-electron chi connectivity index (χ0n) is 12.5. The van der Waals surface area contributed by atoms with Crippen LogP contribution in [0.3, 0.4) is 0 Å². The van der Waals surface area contributed by atoms with E-state index in [1.165, 1.54) is 44.7 Å². The van der Waals surface area contributed by atoms with Crippen molar-refractivity contribution >= 4 is 12.2 Å². The summed E-state index contributed by atoms with van der Waals surface area (Å²) in [6, 6.07) is 0. The zero-order chi connectivity index (χ0) is 14.2. The van der Waals surface area contributed by atoms with Crippen molar-refractivity contribution in [3.05, 3.63) is 0 Å². The van der Waals surface area contributed by atoms with Crippen molar-refractivity contribution in [3.8, 4) is 0 Å². The molecule has 0 N–H and O–H groups in total. The van der Waals surface area contributed by atoms with Crippen LogP contribution >= 0.6 is 0 Å². The Morgan fingerprint density at radius 1 is 1.00 bits per heavy atom. The zero-order valence-corrected chi connectivity index (χ0v) is 12.5. The minimum atomic E-state index is -0.380. The molecule has 0 amide bonds. The predicted molar refractivity (Wildman–Crippen MR) is 78.8 cm³/mol. The standard InChI is InChI=1S/C15H29NO3/c1-3-5-6-7-8-9-10-12-18-13-11-16-14-15(17)19-4-2/h14H,3-13H2,1-2H3. The van der Waals surface area contributed by atoms with E-state index >= 15 is 0 Å². The van der Waals surface area contributed by atoms with Crippen LogP contribution in [0.25, 0.3) is 0 Å². The first-order chi connectivity index (χ1) is 9.31. The van der Waals surface area contributed by atoms with Crippen molar-refractivity contribution in [2.75, 3.05) is 26.4 Å². The lowest BCUT2D eigenvalue weighted by atomic mass is 10.1. The summed E-state index contributed by atoms with van der Waals surface area (Å²) in [5.74, 6) is -0.380. The Hall–Kier alpha value is -0.900. The van der Waals surface area contributed by atoms with Gasteiger partial charge >= 0.3 is 5.97 Å². The molecule has 0 aromatic carbocycles. The normalized spacial score (nSPS) is 11.1. The van der Waals surface area contributed by atoms with Crippen LogP contribution in [0.1, 0.15) is 58.8 Å². The molecule has 0 aromatic rings. The number of hydrogen-bond donors (Lipinski definition) is 0. The molecule has 0 rings (SSSR count). The van der Waals surface area contributed by atoms with Crippen LogP contribution in [-0.4, -0.2) is 38.5 Å². The van der Waals surface area contributed by atoms with Gasteiger partial charge in [0.2, 0.25) is 0 Å². The van der Waals surface area contributed by atoms with Crippen LogP contribution in [0.5, 0.6) is 0 Å². The molecule has 0 aliphatic rings. The molecule has 0 heterocycles. The minimum absolute atomic E-state index is 0.380. The van der Waals surface area contributed by atoms with Crippen molar-refractivity contribution in [1.29, 1.82) is 0 Å². The molecule has 0 atom stereocenters. The van der Waals surface area contributed by atoms with Gasteiger partial charge in [0, 0.05) is 6.61 Å². The van der Waals surface area contributed by atoms with E-state index in [4.69, 9.17) is 9.47 Å². The molecule has 112 valence electrons. The van der Waals surface area contributed by atoms with Gasteiger partial charge in [-0.25, -0.2) is 4.79 Å². The maximum atomic E-state index is 10.9. The Balaban J connectivity index is 3.12. The monoisotopic (exact) mass is 271 g/mol. The highest BCUT2D eigenvalue weighted by Gasteiger charge is 1.94. The van der Waals surface area contributed by atoms with E-state index in [1.807, 2.05) is 0 Å². The largest absolute Gasteiger partial charge is 0.462 e. The number of esters is 1. The highest BCUT2D eigenvalue weighted by Crippen LogP contribution is 2.06. The summed E-state index contributed by atoms with van der Waals surface area (Å²) < 4.78 is 10.2. The van der Waals surface area contributed by atoms with Crippen LogP contribution in [0.15, 0.2) is 4.99 Å². The third-order valence-electron chi connectivity index (χ3n) is 2.74. The highest BCUT2D eigenvalue weighted by atomic mass is 16.5. The first kappa shape index (κ1) is 18.1. The van der Waals surface area contributed by atoms with E-state index < -0.39 is 0 Å². The lowest BCUT2D eigenvalue weighted by molar-refractivity contribution is -0.134. The third kappa shape index (κ3) is 15.0. The van der Waals surface area contributed by atoms with E-state index in [1.54, 1.807) is 6.92 Å². The Labute approximate surface area is 117 Å². The fraction of sp³-hybridized carbons (Fsp3) is 0.867. The van der Waals surface area contributed by atoms with Gasteiger partial charge < -0.3 is 9.47 Å².